The number of rotatable bonds is 6. The molecule has 1 aromatic heterocycles. The maximum atomic E-state index is 4.44. The van der Waals surface area contributed by atoms with Crippen LogP contribution < -0.4 is 5.32 Å². The highest BCUT2D eigenvalue weighted by atomic mass is 32.2. The van der Waals surface area contributed by atoms with Gasteiger partial charge in [-0.25, -0.2) is 0 Å². The van der Waals surface area contributed by atoms with Gasteiger partial charge in [0.05, 0.1) is 5.69 Å². The van der Waals surface area contributed by atoms with Gasteiger partial charge in [-0.15, -0.1) is 0 Å². The normalized spacial score (nSPS) is 19.0. The Labute approximate surface area is 115 Å². The zero-order valence-electron chi connectivity index (χ0n) is 11.6. The lowest BCUT2D eigenvalue weighted by molar-refractivity contribution is 0.367. The molecule has 2 rings (SSSR count). The second-order valence-corrected chi connectivity index (χ2v) is 6.34. The average Bonchev–Trinajstić information content (AvgIpc) is 2.86. The van der Waals surface area contributed by atoms with Gasteiger partial charge in [-0.2, -0.15) is 16.9 Å². The highest BCUT2D eigenvalue weighted by Gasteiger charge is 2.21. The van der Waals surface area contributed by atoms with Crippen LogP contribution in [0.25, 0.3) is 0 Å². The second-order valence-electron chi connectivity index (χ2n) is 5.11. The Bertz CT molecular complexity index is 345. The first-order valence-electron chi connectivity index (χ1n) is 7.11. The fraction of sp³-hybridized carbons (Fsp3) is 0.786. The number of aromatic nitrogens is 2. The van der Waals surface area contributed by atoms with E-state index in [0.717, 1.165) is 18.9 Å². The fourth-order valence-electron chi connectivity index (χ4n) is 2.74. The molecule has 0 saturated carbocycles. The predicted molar refractivity (Wildman–Crippen MR) is 79.0 cm³/mol. The molecule has 1 atom stereocenters. The van der Waals surface area contributed by atoms with Gasteiger partial charge in [-0.05, 0) is 56.2 Å². The average molecular weight is 267 g/mol. The number of aryl methyl sites for hydroxylation is 1. The highest BCUT2D eigenvalue weighted by molar-refractivity contribution is 7.99. The molecule has 1 aliphatic heterocycles. The quantitative estimate of drug-likeness (QED) is 0.859. The van der Waals surface area contributed by atoms with Crippen molar-refractivity contribution in [2.45, 2.75) is 45.2 Å². The Morgan fingerprint density at radius 2 is 2.28 bits per heavy atom. The van der Waals surface area contributed by atoms with E-state index in [1.165, 1.54) is 36.5 Å². The molecule has 0 spiro atoms. The van der Waals surface area contributed by atoms with Gasteiger partial charge in [0.2, 0.25) is 0 Å². The van der Waals surface area contributed by atoms with Crippen molar-refractivity contribution < 1.29 is 0 Å². The minimum absolute atomic E-state index is 0.465. The van der Waals surface area contributed by atoms with Gasteiger partial charge in [0.25, 0.3) is 0 Å². The second kappa shape index (κ2) is 7.19. The number of hydrogen-bond acceptors (Lipinski definition) is 3. The molecule has 4 heteroatoms. The summed E-state index contributed by atoms with van der Waals surface area (Å²) in [6.45, 7) is 3.24. The van der Waals surface area contributed by atoms with E-state index in [2.05, 4.69) is 46.9 Å². The molecule has 1 fully saturated rings. The first-order valence-corrected chi connectivity index (χ1v) is 8.27. The van der Waals surface area contributed by atoms with Gasteiger partial charge in [0, 0.05) is 18.8 Å². The van der Waals surface area contributed by atoms with E-state index in [1.807, 2.05) is 6.20 Å². The van der Waals surface area contributed by atoms with E-state index in [1.54, 1.807) is 0 Å². The topological polar surface area (TPSA) is 29.9 Å². The molecule has 18 heavy (non-hydrogen) atoms. The van der Waals surface area contributed by atoms with Crippen LogP contribution in [-0.4, -0.2) is 28.3 Å². The lowest BCUT2D eigenvalue weighted by Gasteiger charge is -2.26. The van der Waals surface area contributed by atoms with Gasteiger partial charge in [-0.3, -0.25) is 4.68 Å². The largest absolute Gasteiger partial charge is 0.312 e. The molecule has 2 heterocycles. The molecule has 1 aromatic rings. The standard InChI is InChI=1S/C14H25N3S/c1-3-8-17-14(4-7-16-17)13(15-2)11-12-5-9-18-10-6-12/h4,7,12-13,15H,3,5-6,8-11H2,1-2H3. The molecular formula is C14H25N3S. The number of hydrogen-bond donors (Lipinski definition) is 1. The third-order valence-corrected chi connectivity index (χ3v) is 4.85. The zero-order chi connectivity index (χ0) is 12.8. The van der Waals surface area contributed by atoms with Crippen LogP contribution in [-0.2, 0) is 6.54 Å². The smallest absolute Gasteiger partial charge is 0.0553 e. The molecule has 1 N–H and O–H groups in total. The van der Waals surface area contributed by atoms with Crippen LogP contribution in [0.4, 0.5) is 0 Å². The van der Waals surface area contributed by atoms with Gasteiger partial charge in [0.15, 0.2) is 0 Å². The van der Waals surface area contributed by atoms with Crippen LogP contribution in [0.1, 0.15) is 44.3 Å². The summed E-state index contributed by atoms with van der Waals surface area (Å²) in [6.07, 6.45) is 7.10. The lowest BCUT2D eigenvalue weighted by Crippen LogP contribution is -2.24. The Kier molecular flexibility index (Phi) is 5.57. The monoisotopic (exact) mass is 267 g/mol. The van der Waals surface area contributed by atoms with Crippen molar-refractivity contribution in [2.75, 3.05) is 18.6 Å². The van der Waals surface area contributed by atoms with E-state index < -0.39 is 0 Å². The van der Waals surface area contributed by atoms with Crippen molar-refractivity contribution in [3.63, 3.8) is 0 Å². The van der Waals surface area contributed by atoms with E-state index in [0.29, 0.717) is 6.04 Å². The Balaban J connectivity index is 2.00. The number of thioether (sulfide) groups is 1. The summed E-state index contributed by atoms with van der Waals surface area (Å²) in [4.78, 5) is 0. The van der Waals surface area contributed by atoms with E-state index in [-0.39, 0.29) is 0 Å². The zero-order valence-corrected chi connectivity index (χ0v) is 12.4. The molecular weight excluding hydrogens is 242 g/mol. The van der Waals surface area contributed by atoms with Crippen LogP contribution in [0.2, 0.25) is 0 Å². The molecule has 102 valence electrons. The molecule has 0 aliphatic carbocycles. The van der Waals surface area contributed by atoms with Crippen LogP contribution in [0, 0.1) is 5.92 Å². The van der Waals surface area contributed by atoms with Crippen molar-refractivity contribution in [1.29, 1.82) is 0 Å². The maximum Gasteiger partial charge on any atom is 0.0553 e. The first-order chi connectivity index (χ1) is 8.85. The van der Waals surface area contributed by atoms with Gasteiger partial charge in [0.1, 0.15) is 0 Å². The number of nitrogens with one attached hydrogen (secondary N) is 1. The summed E-state index contributed by atoms with van der Waals surface area (Å²) in [5.41, 5.74) is 1.36. The Hall–Kier alpha value is -0.480. The molecule has 0 bridgehead atoms. The van der Waals surface area contributed by atoms with E-state index in [9.17, 15) is 0 Å². The minimum atomic E-state index is 0.465. The van der Waals surface area contributed by atoms with Crippen LogP contribution >= 0.6 is 11.8 Å². The predicted octanol–water partition coefficient (Wildman–Crippen LogP) is 3.09. The highest BCUT2D eigenvalue weighted by Crippen LogP contribution is 2.30. The summed E-state index contributed by atoms with van der Waals surface area (Å²) in [5, 5.41) is 7.92. The summed E-state index contributed by atoms with van der Waals surface area (Å²) < 4.78 is 2.17. The SMILES string of the molecule is CCCn1nccc1C(CC1CCSCC1)NC. The third kappa shape index (κ3) is 3.51. The maximum absolute atomic E-state index is 4.44. The molecule has 0 aromatic carbocycles. The molecule has 3 nitrogen and oxygen atoms in total. The first kappa shape index (κ1) is 13.9. The minimum Gasteiger partial charge on any atom is -0.312 e. The van der Waals surface area contributed by atoms with E-state index in [4.69, 9.17) is 0 Å². The van der Waals surface area contributed by atoms with Crippen molar-refractivity contribution in [3.05, 3.63) is 18.0 Å². The Morgan fingerprint density at radius 1 is 1.50 bits per heavy atom. The molecule has 1 unspecified atom stereocenters. The van der Waals surface area contributed by atoms with Gasteiger partial charge >= 0.3 is 0 Å². The molecule has 1 aliphatic rings. The molecule has 0 amide bonds. The van der Waals surface area contributed by atoms with E-state index >= 15 is 0 Å². The van der Waals surface area contributed by atoms with Crippen LogP contribution in [0.3, 0.4) is 0 Å². The van der Waals surface area contributed by atoms with Crippen LogP contribution in [0.5, 0.6) is 0 Å². The summed E-state index contributed by atoms with van der Waals surface area (Å²) >= 11 is 2.10. The molecule has 0 radical (unpaired) electrons. The third-order valence-electron chi connectivity index (χ3n) is 3.80. The summed E-state index contributed by atoms with van der Waals surface area (Å²) in [5.74, 6) is 3.57. The van der Waals surface area contributed by atoms with Gasteiger partial charge in [-0.1, -0.05) is 6.92 Å². The van der Waals surface area contributed by atoms with Crippen molar-refractivity contribution in [1.82, 2.24) is 15.1 Å². The van der Waals surface area contributed by atoms with Crippen molar-refractivity contribution >= 4 is 11.8 Å². The fourth-order valence-corrected chi connectivity index (χ4v) is 3.94. The van der Waals surface area contributed by atoms with Crippen molar-refractivity contribution in [3.8, 4) is 0 Å². The number of nitrogens with zero attached hydrogens (tertiary/aromatic N) is 2. The lowest BCUT2D eigenvalue weighted by atomic mass is 9.93. The van der Waals surface area contributed by atoms with Crippen molar-refractivity contribution in [2.24, 2.45) is 5.92 Å². The Morgan fingerprint density at radius 3 is 2.94 bits per heavy atom. The van der Waals surface area contributed by atoms with Crippen LogP contribution in [0.15, 0.2) is 12.3 Å². The molecule has 1 saturated heterocycles. The van der Waals surface area contributed by atoms with Gasteiger partial charge < -0.3 is 5.32 Å². The summed E-state index contributed by atoms with van der Waals surface area (Å²) in [7, 11) is 2.07. The summed E-state index contributed by atoms with van der Waals surface area (Å²) in [6, 6.07) is 2.64.